The highest BCUT2D eigenvalue weighted by Crippen LogP contribution is 2.27. The van der Waals surface area contributed by atoms with Crippen LogP contribution in [0.2, 0.25) is 0 Å². The maximum Gasteiger partial charge on any atom is 0.573 e. The van der Waals surface area contributed by atoms with Crippen LogP contribution in [0, 0.1) is 11.3 Å². The highest BCUT2D eigenvalue weighted by Gasteiger charge is 2.32. The molecule has 0 radical (unpaired) electrons. The van der Waals surface area contributed by atoms with Crippen LogP contribution in [0.15, 0.2) is 18.2 Å². The van der Waals surface area contributed by atoms with E-state index in [-0.39, 0.29) is 17.7 Å². The summed E-state index contributed by atoms with van der Waals surface area (Å²) in [5.41, 5.74) is -0.637. The van der Waals surface area contributed by atoms with Gasteiger partial charge in [0.2, 0.25) is 0 Å². The third kappa shape index (κ3) is 6.35. The Hall–Kier alpha value is -2.43. The number of carbonyl (C=O) groups is 1. The van der Waals surface area contributed by atoms with Gasteiger partial charge in [-0.05, 0) is 32.9 Å². The second-order valence-corrected chi connectivity index (χ2v) is 5.34. The first-order valence-corrected chi connectivity index (χ1v) is 6.26. The molecule has 1 rings (SSSR count). The van der Waals surface area contributed by atoms with Crippen LogP contribution in [0.4, 0.5) is 18.0 Å². The minimum Gasteiger partial charge on any atom is -0.444 e. The van der Waals surface area contributed by atoms with Gasteiger partial charge in [0.05, 0.1) is 11.6 Å². The summed E-state index contributed by atoms with van der Waals surface area (Å²) < 4.78 is 45.9. The van der Waals surface area contributed by atoms with Gasteiger partial charge in [-0.2, -0.15) is 5.26 Å². The average Bonchev–Trinajstić information content (AvgIpc) is 2.33. The number of rotatable bonds is 3. The van der Waals surface area contributed by atoms with Gasteiger partial charge in [-0.1, -0.05) is 6.07 Å². The van der Waals surface area contributed by atoms with Crippen molar-refractivity contribution >= 4 is 6.09 Å². The molecule has 0 aliphatic carbocycles. The lowest BCUT2D eigenvalue weighted by Gasteiger charge is -2.20. The number of ether oxygens (including phenoxy) is 2. The van der Waals surface area contributed by atoms with E-state index in [1.807, 2.05) is 0 Å². The lowest BCUT2D eigenvalue weighted by atomic mass is 10.1. The van der Waals surface area contributed by atoms with E-state index in [2.05, 4.69) is 10.1 Å². The Bertz CT molecular complexity index is 586. The van der Waals surface area contributed by atoms with Gasteiger partial charge in [-0.3, -0.25) is 0 Å². The van der Waals surface area contributed by atoms with Crippen molar-refractivity contribution in [2.75, 3.05) is 0 Å². The van der Waals surface area contributed by atoms with E-state index in [4.69, 9.17) is 10.00 Å². The second-order valence-electron chi connectivity index (χ2n) is 5.34. The van der Waals surface area contributed by atoms with Gasteiger partial charge in [-0.25, -0.2) is 4.79 Å². The van der Waals surface area contributed by atoms with Crippen LogP contribution in [0.25, 0.3) is 0 Å². The normalized spacial score (nSPS) is 11.5. The summed E-state index contributed by atoms with van der Waals surface area (Å²) >= 11 is 0. The SMILES string of the molecule is CC(C)(C)OC(=O)NCc1ccc(C#N)cc1OC(F)(F)F. The summed E-state index contributed by atoms with van der Waals surface area (Å²) in [4.78, 5) is 11.5. The monoisotopic (exact) mass is 316 g/mol. The van der Waals surface area contributed by atoms with Crippen molar-refractivity contribution in [2.45, 2.75) is 39.3 Å². The Morgan fingerprint density at radius 1 is 1.32 bits per heavy atom. The third-order valence-electron chi connectivity index (χ3n) is 2.24. The number of amides is 1. The van der Waals surface area contributed by atoms with Crippen LogP contribution in [0.1, 0.15) is 31.9 Å². The minimum absolute atomic E-state index is 0.0141. The van der Waals surface area contributed by atoms with Crippen molar-refractivity contribution in [3.63, 3.8) is 0 Å². The zero-order chi connectivity index (χ0) is 17.0. The molecule has 0 saturated heterocycles. The molecule has 1 N–H and O–H groups in total. The highest BCUT2D eigenvalue weighted by atomic mass is 19.4. The molecule has 0 spiro atoms. The van der Waals surface area contributed by atoms with Gasteiger partial charge in [0.1, 0.15) is 11.4 Å². The van der Waals surface area contributed by atoms with E-state index < -0.39 is 23.8 Å². The number of hydrogen-bond donors (Lipinski definition) is 1. The first kappa shape index (κ1) is 17.6. The lowest BCUT2D eigenvalue weighted by molar-refractivity contribution is -0.274. The first-order chi connectivity index (χ1) is 10.00. The molecular weight excluding hydrogens is 301 g/mol. The maximum atomic E-state index is 12.4. The van der Waals surface area contributed by atoms with Crippen molar-refractivity contribution < 1.29 is 27.4 Å². The summed E-state index contributed by atoms with van der Waals surface area (Å²) in [5, 5.41) is 11.0. The predicted octanol–water partition coefficient (Wildman–Crippen LogP) is 3.48. The molecule has 0 unspecified atom stereocenters. The minimum atomic E-state index is -4.89. The van der Waals surface area contributed by atoms with Crippen LogP contribution in [-0.2, 0) is 11.3 Å². The molecule has 8 heteroatoms. The van der Waals surface area contributed by atoms with Gasteiger partial charge < -0.3 is 14.8 Å². The molecule has 22 heavy (non-hydrogen) atoms. The molecule has 1 aromatic carbocycles. The van der Waals surface area contributed by atoms with Crippen molar-refractivity contribution in [3.05, 3.63) is 29.3 Å². The predicted molar refractivity (Wildman–Crippen MR) is 70.9 cm³/mol. The molecule has 0 fully saturated rings. The van der Waals surface area contributed by atoms with Gasteiger partial charge in [0.15, 0.2) is 0 Å². The summed E-state index contributed by atoms with van der Waals surface area (Å²) in [7, 11) is 0. The first-order valence-electron chi connectivity index (χ1n) is 6.26. The second kappa shape index (κ2) is 6.56. The Balaban J connectivity index is 2.86. The van der Waals surface area contributed by atoms with E-state index >= 15 is 0 Å². The molecule has 5 nitrogen and oxygen atoms in total. The highest BCUT2D eigenvalue weighted by molar-refractivity contribution is 5.67. The van der Waals surface area contributed by atoms with Crippen LogP contribution < -0.4 is 10.1 Å². The molecule has 0 aromatic heterocycles. The van der Waals surface area contributed by atoms with Crippen LogP contribution in [-0.4, -0.2) is 18.1 Å². The van der Waals surface area contributed by atoms with Gasteiger partial charge in [-0.15, -0.1) is 13.2 Å². The Morgan fingerprint density at radius 3 is 2.45 bits per heavy atom. The molecule has 120 valence electrons. The molecule has 0 aliphatic rings. The number of carbonyl (C=O) groups excluding carboxylic acids is 1. The standard InChI is InChI=1S/C14H15F3N2O3/c1-13(2,3)22-12(20)19-8-10-5-4-9(7-18)6-11(10)21-14(15,16)17/h4-6H,8H2,1-3H3,(H,19,20). The molecule has 0 bridgehead atoms. The molecule has 1 amide bonds. The number of nitrogens with one attached hydrogen (secondary N) is 1. The third-order valence-corrected chi connectivity index (χ3v) is 2.24. The topological polar surface area (TPSA) is 71.3 Å². The van der Waals surface area contributed by atoms with Crippen LogP contribution >= 0.6 is 0 Å². The maximum absolute atomic E-state index is 12.4. The summed E-state index contributed by atoms with van der Waals surface area (Å²) in [6.45, 7) is 4.75. The molecule has 0 aliphatic heterocycles. The smallest absolute Gasteiger partial charge is 0.444 e. The zero-order valence-electron chi connectivity index (χ0n) is 12.2. The van der Waals surface area contributed by atoms with Crippen LogP contribution in [0.3, 0.4) is 0 Å². The van der Waals surface area contributed by atoms with E-state index in [9.17, 15) is 18.0 Å². The number of alkyl halides is 3. The summed E-state index contributed by atoms with van der Waals surface area (Å²) in [6.07, 6.45) is -5.66. The van der Waals surface area contributed by atoms with Gasteiger partial charge in [0.25, 0.3) is 0 Å². The largest absolute Gasteiger partial charge is 0.573 e. The van der Waals surface area contributed by atoms with Crippen molar-refractivity contribution in [1.82, 2.24) is 5.32 Å². The van der Waals surface area contributed by atoms with Crippen molar-refractivity contribution in [2.24, 2.45) is 0 Å². The fourth-order valence-electron chi connectivity index (χ4n) is 1.47. The van der Waals surface area contributed by atoms with E-state index in [1.165, 1.54) is 12.1 Å². The average molecular weight is 316 g/mol. The molecule has 0 atom stereocenters. The van der Waals surface area contributed by atoms with Gasteiger partial charge >= 0.3 is 12.5 Å². The van der Waals surface area contributed by atoms with E-state index in [0.717, 1.165) is 6.07 Å². The fraction of sp³-hybridized carbons (Fsp3) is 0.429. The summed E-state index contributed by atoms with van der Waals surface area (Å²) in [5.74, 6) is -0.539. The Morgan fingerprint density at radius 2 is 1.95 bits per heavy atom. The van der Waals surface area contributed by atoms with E-state index in [1.54, 1.807) is 26.8 Å². The Labute approximate surface area is 125 Å². The number of hydrogen-bond acceptors (Lipinski definition) is 4. The fourth-order valence-corrected chi connectivity index (χ4v) is 1.47. The number of nitrogens with zero attached hydrogens (tertiary/aromatic N) is 1. The van der Waals surface area contributed by atoms with Crippen LogP contribution in [0.5, 0.6) is 5.75 Å². The van der Waals surface area contributed by atoms with Gasteiger partial charge in [0, 0.05) is 12.1 Å². The van der Waals surface area contributed by atoms with E-state index in [0.29, 0.717) is 0 Å². The molecule has 0 saturated carbocycles. The van der Waals surface area contributed by atoms with Crippen molar-refractivity contribution in [1.29, 1.82) is 5.26 Å². The zero-order valence-corrected chi connectivity index (χ0v) is 12.2. The van der Waals surface area contributed by atoms with Crippen molar-refractivity contribution in [3.8, 4) is 11.8 Å². The molecule has 0 heterocycles. The number of benzene rings is 1. The number of halogens is 3. The molecule has 1 aromatic rings. The number of nitriles is 1. The number of alkyl carbamates (subject to hydrolysis) is 1. The lowest BCUT2D eigenvalue weighted by Crippen LogP contribution is -2.32. The quantitative estimate of drug-likeness (QED) is 0.926. The molecular formula is C14H15F3N2O3. The summed E-state index contributed by atoms with van der Waals surface area (Å²) in [6, 6.07) is 5.28. The Kier molecular flexibility index (Phi) is 5.25.